The van der Waals surface area contributed by atoms with E-state index in [9.17, 15) is 22.0 Å². The Bertz CT molecular complexity index is 569. The molecule has 19 heavy (non-hydrogen) atoms. The molecule has 0 aliphatic carbocycles. The molecule has 2 rings (SSSR count). The van der Waals surface area contributed by atoms with E-state index in [1.807, 2.05) is 0 Å². The molecular formula is C10H11F2NO5S. The van der Waals surface area contributed by atoms with Crippen LogP contribution < -0.4 is 0 Å². The second kappa shape index (κ2) is 4.57. The lowest BCUT2D eigenvalue weighted by atomic mass is 9.95. The fraction of sp³-hybridized carbons (Fsp3) is 0.500. The predicted octanol–water partition coefficient (Wildman–Crippen LogP) is 1.01. The van der Waals surface area contributed by atoms with Gasteiger partial charge in [0.05, 0.1) is 6.26 Å². The van der Waals surface area contributed by atoms with Crippen LogP contribution in [0.1, 0.15) is 6.42 Å². The lowest BCUT2D eigenvalue weighted by Gasteiger charge is -2.35. The molecule has 2 heterocycles. The zero-order chi connectivity index (χ0) is 14.3. The minimum atomic E-state index is -3.99. The highest BCUT2D eigenvalue weighted by Gasteiger charge is 2.50. The molecule has 1 aliphatic heterocycles. The lowest BCUT2D eigenvalue weighted by molar-refractivity contribution is -0.163. The molecule has 9 heteroatoms. The quantitative estimate of drug-likeness (QED) is 0.899. The van der Waals surface area contributed by atoms with Gasteiger partial charge in [-0.3, -0.25) is 4.79 Å². The van der Waals surface area contributed by atoms with Crippen LogP contribution in [0.4, 0.5) is 8.78 Å². The molecule has 0 amide bonds. The summed E-state index contributed by atoms with van der Waals surface area (Å²) < 4.78 is 56.3. The molecule has 1 unspecified atom stereocenters. The van der Waals surface area contributed by atoms with Gasteiger partial charge in [0.25, 0.3) is 5.92 Å². The Labute approximate surface area is 107 Å². The molecular weight excluding hydrogens is 284 g/mol. The van der Waals surface area contributed by atoms with Crippen molar-refractivity contribution in [3.63, 3.8) is 0 Å². The van der Waals surface area contributed by atoms with E-state index in [2.05, 4.69) is 4.42 Å². The molecule has 0 bridgehead atoms. The Morgan fingerprint density at radius 3 is 2.74 bits per heavy atom. The molecule has 1 N–H and O–H groups in total. The van der Waals surface area contributed by atoms with Crippen molar-refractivity contribution in [2.75, 3.05) is 13.1 Å². The van der Waals surface area contributed by atoms with Crippen molar-refractivity contribution in [2.45, 2.75) is 17.2 Å². The molecule has 1 saturated heterocycles. The average Bonchev–Trinajstić information content (AvgIpc) is 2.81. The monoisotopic (exact) mass is 295 g/mol. The van der Waals surface area contributed by atoms with E-state index in [4.69, 9.17) is 5.11 Å². The standard InChI is InChI=1S/C10H11F2NO5S/c11-10(12)2-3-13(5-8(10)9(14)15)19(16,17)7-1-4-18-6-7/h1,4,6,8H,2-3,5H2,(H,14,15). The van der Waals surface area contributed by atoms with Crippen LogP contribution in [0.25, 0.3) is 0 Å². The van der Waals surface area contributed by atoms with Gasteiger partial charge in [-0.2, -0.15) is 4.31 Å². The summed E-state index contributed by atoms with van der Waals surface area (Å²) >= 11 is 0. The minimum Gasteiger partial charge on any atom is -0.481 e. The Morgan fingerprint density at radius 2 is 2.21 bits per heavy atom. The zero-order valence-electron chi connectivity index (χ0n) is 9.62. The number of rotatable bonds is 3. The van der Waals surface area contributed by atoms with Gasteiger partial charge in [-0.25, -0.2) is 17.2 Å². The highest BCUT2D eigenvalue weighted by atomic mass is 32.2. The van der Waals surface area contributed by atoms with Gasteiger partial charge in [-0.05, 0) is 6.07 Å². The number of carboxylic acids is 1. The number of halogens is 2. The van der Waals surface area contributed by atoms with Crippen LogP contribution in [0.2, 0.25) is 0 Å². The summed E-state index contributed by atoms with van der Waals surface area (Å²) in [5, 5.41) is 8.77. The number of piperidine rings is 1. The molecule has 0 radical (unpaired) electrons. The van der Waals surface area contributed by atoms with E-state index < -0.39 is 47.3 Å². The van der Waals surface area contributed by atoms with Gasteiger partial charge in [0.15, 0.2) is 0 Å². The second-order valence-electron chi connectivity index (χ2n) is 4.22. The summed E-state index contributed by atoms with van der Waals surface area (Å²) in [6.45, 7) is -1.18. The van der Waals surface area contributed by atoms with Crippen molar-refractivity contribution in [1.82, 2.24) is 4.31 Å². The van der Waals surface area contributed by atoms with Gasteiger partial charge in [0, 0.05) is 19.5 Å². The van der Waals surface area contributed by atoms with Crippen LogP contribution in [0.5, 0.6) is 0 Å². The topological polar surface area (TPSA) is 87.8 Å². The van der Waals surface area contributed by atoms with Crippen molar-refractivity contribution < 1.29 is 31.5 Å². The summed E-state index contributed by atoms with van der Waals surface area (Å²) in [6, 6.07) is 1.18. The Morgan fingerprint density at radius 1 is 1.53 bits per heavy atom. The normalized spacial score (nSPS) is 24.2. The molecule has 1 aromatic rings. The maximum atomic E-state index is 13.4. The molecule has 1 aromatic heterocycles. The third kappa shape index (κ3) is 2.47. The number of hydrogen-bond acceptors (Lipinski definition) is 4. The van der Waals surface area contributed by atoms with Gasteiger partial charge in [0.1, 0.15) is 17.1 Å². The van der Waals surface area contributed by atoms with Gasteiger partial charge in [-0.15, -0.1) is 0 Å². The maximum Gasteiger partial charge on any atom is 0.313 e. The molecule has 1 aliphatic rings. The van der Waals surface area contributed by atoms with E-state index in [1.54, 1.807) is 0 Å². The summed E-state index contributed by atoms with van der Waals surface area (Å²) in [7, 11) is -3.99. The largest absolute Gasteiger partial charge is 0.481 e. The van der Waals surface area contributed by atoms with Crippen molar-refractivity contribution in [3.05, 3.63) is 18.6 Å². The third-order valence-corrected chi connectivity index (χ3v) is 4.86. The number of carboxylic acid groups (broad SMARTS) is 1. The summed E-state index contributed by atoms with van der Waals surface area (Å²) in [5.74, 6) is -7.16. The summed E-state index contributed by atoms with van der Waals surface area (Å²) in [4.78, 5) is 10.6. The first-order valence-electron chi connectivity index (χ1n) is 5.38. The van der Waals surface area contributed by atoms with E-state index in [0.717, 1.165) is 16.8 Å². The van der Waals surface area contributed by atoms with Crippen LogP contribution in [-0.2, 0) is 14.8 Å². The van der Waals surface area contributed by atoms with Crippen LogP contribution in [0.3, 0.4) is 0 Å². The van der Waals surface area contributed by atoms with Gasteiger partial charge in [-0.1, -0.05) is 0 Å². The number of nitrogens with zero attached hydrogens (tertiary/aromatic N) is 1. The molecule has 0 spiro atoms. The van der Waals surface area contributed by atoms with Gasteiger partial charge < -0.3 is 9.52 Å². The van der Waals surface area contributed by atoms with Gasteiger partial charge >= 0.3 is 5.97 Å². The van der Waals surface area contributed by atoms with E-state index >= 15 is 0 Å². The van der Waals surface area contributed by atoms with Crippen LogP contribution >= 0.6 is 0 Å². The summed E-state index contributed by atoms with van der Waals surface area (Å²) in [6.07, 6.45) is 1.29. The number of sulfonamides is 1. The first kappa shape index (κ1) is 13.9. The predicted molar refractivity (Wildman–Crippen MR) is 58.2 cm³/mol. The minimum absolute atomic E-state index is 0.179. The molecule has 106 valence electrons. The number of furan rings is 1. The second-order valence-corrected chi connectivity index (χ2v) is 6.16. The Hall–Kier alpha value is -1.48. The number of carbonyl (C=O) groups is 1. The number of alkyl halides is 2. The first-order chi connectivity index (χ1) is 8.75. The van der Waals surface area contributed by atoms with E-state index in [1.165, 1.54) is 6.07 Å². The molecule has 0 saturated carbocycles. The fourth-order valence-electron chi connectivity index (χ4n) is 1.90. The lowest BCUT2D eigenvalue weighted by Crippen LogP contribution is -2.51. The average molecular weight is 295 g/mol. The smallest absolute Gasteiger partial charge is 0.313 e. The molecule has 6 nitrogen and oxygen atoms in total. The van der Waals surface area contributed by atoms with Crippen LogP contribution in [0.15, 0.2) is 27.9 Å². The van der Waals surface area contributed by atoms with Gasteiger partial charge in [0.2, 0.25) is 10.0 Å². The van der Waals surface area contributed by atoms with Crippen molar-refractivity contribution in [3.8, 4) is 0 Å². The Kier molecular flexibility index (Phi) is 3.35. The molecule has 1 fully saturated rings. The molecule has 0 aromatic carbocycles. The SMILES string of the molecule is O=C(O)C1CN(S(=O)(=O)c2ccoc2)CCC1(F)F. The summed E-state index contributed by atoms with van der Waals surface area (Å²) in [5.41, 5.74) is 0. The van der Waals surface area contributed by atoms with Crippen LogP contribution in [-0.4, -0.2) is 42.8 Å². The highest BCUT2D eigenvalue weighted by molar-refractivity contribution is 7.89. The van der Waals surface area contributed by atoms with E-state index in [-0.39, 0.29) is 4.90 Å². The molecule has 1 atom stereocenters. The van der Waals surface area contributed by atoms with Crippen molar-refractivity contribution in [1.29, 1.82) is 0 Å². The van der Waals surface area contributed by atoms with Crippen molar-refractivity contribution >= 4 is 16.0 Å². The fourth-order valence-corrected chi connectivity index (χ4v) is 3.28. The maximum absolute atomic E-state index is 13.4. The zero-order valence-corrected chi connectivity index (χ0v) is 10.4. The Balaban J connectivity index is 2.27. The third-order valence-electron chi connectivity index (χ3n) is 3.02. The van der Waals surface area contributed by atoms with E-state index in [0.29, 0.717) is 0 Å². The highest BCUT2D eigenvalue weighted by Crippen LogP contribution is 2.35. The number of hydrogen-bond donors (Lipinski definition) is 1. The van der Waals surface area contributed by atoms with Crippen molar-refractivity contribution in [2.24, 2.45) is 5.92 Å². The van der Waals surface area contributed by atoms with Crippen LogP contribution in [0, 0.1) is 5.92 Å². The number of aliphatic carboxylic acids is 1. The first-order valence-corrected chi connectivity index (χ1v) is 6.82.